The zero-order chi connectivity index (χ0) is 17.7. The topological polar surface area (TPSA) is 91.8 Å². The molecule has 0 aromatic carbocycles. The minimum atomic E-state index is -0.724. The number of aromatic amines is 1. The van der Waals surface area contributed by atoms with Crippen molar-refractivity contribution in [1.82, 2.24) is 15.2 Å². The van der Waals surface area contributed by atoms with Gasteiger partial charge in [0.15, 0.2) is 11.6 Å². The molecule has 0 bridgehead atoms. The third-order valence-corrected chi connectivity index (χ3v) is 3.03. The second-order valence-electron chi connectivity index (χ2n) is 5.86. The molecule has 0 unspecified atom stereocenters. The Kier molecular flexibility index (Phi) is 4.71. The summed E-state index contributed by atoms with van der Waals surface area (Å²) in [6, 6.07) is 5.30. The third kappa shape index (κ3) is 3.45. The van der Waals surface area contributed by atoms with Gasteiger partial charge < -0.3 is 9.64 Å². The van der Waals surface area contributed by atoms with Gasteiger partial charge in [-0.25, -0.2) is 4.85 Å². The second-order valence-corrected chi connectivity index (χ2v) is 5.86. The molecule has 2 rings (SSSR count). The number of pyridine rings is 1. The molecule has 2 heterocycles. The number of nitrogens with zero attached hydrogens (tertiary/aromatic N) is 5. The van der Waals surface area contributed by atoms with Gasteiger partial charge in [0.25, 0.3) is 5.69 Å². The number of hydrogen-bond donors (Lipinski definition) is 2. The van der Waals surface area contributed by atoms with Crippen molar-refractivity contribution in [1.29, 1.82) is 0 Å². The maximum Gasteiger partial charge on any atom is 0.336 e. The van der Waals surface area contributed by atoms with Gasteiger partial charge in [0.1, 0.15) is 0 Å². The molecule has 8 heteroatoms. The molecule has 0 amide bonds. The molecule has 2 aromatic rings. The average molecular weight is 321 g/mol. The van der Waals surface area contributed by atoms with Gasteiger partial charge in [0.2, 0.25) is 0 Å². The smallest absolute Gasteiger partial charge is 0.336 e. The number of hydrazone groups is 1. The van der Waals surface area contributed by atoms with Crippen molar-refractivity contribution in [2.75, 3.05) is 5.43 Å². The van der Waals surface area contributed by atoms with E-state index in [0.717, 1.165) is 0 Å². The van der Waals surface area contributed by atoms with Crippen molar-refractivity contribution < 1.29 is 4.79 Å². The van der Waals surface area contributed by atoms with Crippen LogP contribution in [0, 0.1) is 18.6 Å². The van der Waals surface area contributed by atoms with E-state index in [1.807, 2.05) is 0 Å². The van der Waals surface area contributed by atoms with Crippen molar-refractivity contribution in [3.63, 3.8) is 0 Å². The minimum Gasteiger partial charge on any atom is -0.356 e. The fourth-order valence-corrected chi connectivity index (χ4v) is 1.78. The summed E-state index contributed by atoms with van der Waals surface area (Å²) in [5, 5.41) is 10.5. The minimum absolute atomic E-state index is 0.133. The van der Waals surface area contributed by atoms with Crippen molar-refractivity contribution in [3.05, 3.63) is 47.2 Å². The lowest BCUT2D eigenvalue weighted by molar-refractivity contribution is -0.119. The van der Waals surface area contributed by atoms with Gasteiger partial charge in [-0.05, 0) is 17.2 Å². The number of nitrogens with one attached hydrogen (secondary N) is 2. The van der Waals surface area contributed by atoms with Gasteiger partial charge in [-0.2, -0.15) is 10.5 Å². The number of anilines is 1. The Morgan fingerprint density at radius 1 is 1.33 bits per heavy atom. The molecule has 0 aliphatic rings. The second kappa shape index (κ2) is 6.71. The van der Waals surface area contributed by atoms with Gasteiger partial charge in [0, 0.05) is 11.6 Å². The van der Waals surface area contributed by atoms with Crippen LogP contribution >= 0.6 is 0 Å². The number of ketones is 1. The molecule has 120 valence electrons. The Balaban J connectivity index is 2.34. The first-order chi connectivity index (χ1) is 11.4. The zero-order valence-electron chi connectivity index (χ0n) is 13.5. The highest BCUT2D eigenvalue weighted by molar-refractivity contribution is 6.44. The Hall–Kier alpha value is -3.52. The standard InChI is InChI=1S/C16H15N7O/c1-16(2,3)13(24)15(18-5)23-22-14-12(17-4)11(20-21-14)10-8-6-7-9-19-10/h6-9H,1-3H3,(H2,20,21,22)/b23-15+. The predicted molar refractivity (Wildman–Crippen MR) is 90.2 cm³/mol. The van der Waals surface area contributed by atoms with Crippen LogP contribution in [0.1, 0.15) is 20.8 Å². The van der Waals surface area contributed by atoms with Crippen LogP contribution in [0.2, 0.25) is 0 Å². The lowest BCUT2D eigenvalue weighted by Crippen LogP contribution is -2.27. The number of H-pyrrole nitrogens is 1. The summed E-state index contributed by atoms with van der Waals surface area (Å²) in [6.07, 6.45) is 1.61. The van der Waals surface area contributed by atoms with Crippen LogP contribution in [0.5, 0.6) is 0 Å². The largest absolute Gasteiger partial charge is 0.356 e. The Morgan fingerprint density at radius 2 is 2.08 bits per heavy atom. The summed E-state index contributed by atoms with van der Waals surface area (Å²) in [5.74, 6) is -0.552. The first-order valence-electron chi connectivity index (χ1n) is 7.01. The van der Waals surface area contributed by atoms with Crippen LogP contribution in [0.15, 0.2) is 29.5 Å². The quantitative estimate of drug-likeness (QED) is 0.391. The Morgan fingerprint density at radius 3 is 2.62 bits per heavy atom. The van der Waals surface area contributed by atoms with E-state index in [-0.39, 0.29) is 17.3 Å². The van der Waals surface area contributed by atoms with Crippen LogP contribution in [-0.2, 0) is 4.79 Å². The maximum absolute atomic E-state index is 12.1. The van der Waals surface area contributed by atoms with Crippen molar-refractivity contribution in [2.24, 2.45) is 10.5 Å². The average Bonchev–Trinajstić information content (AvgIpc) is 2.98. The summed E-state index contributed by atoms with van der Waals surface area (Å²) >= 11 is 0. The van der Waals surface area contributed by atoms with Crippen LogP contribution in [0.25, 0.3) is 21.1 Å². The monoisotopic (exact) mass is 321 g/mol. The summed E-state index contributed by atoms with van der Waals surface area (Å²) in [7, 11) is 0. The number of rotatable bonds is 4. The zero-order valence-corrected chi connectivity index (χ0v) is 13.5. The highest BCUT2D eigenvalue weighted by atomic mass is 16.1. The summed E-state index contributed by atoms with van der Waals surface area (Å²) in [5.41, 5.74) is 2.99. The molecule has 0 saturated heterocycles. The molecule has 0 spiro atoms. The molecule has 2 aromatic heterocycles. The van der Waals surface area contributed by atoms with Crippen LogP contribution in [0.4, 0.5) is 11.5 Å². The van der Waals surface area contributed by atoms with E-state index >= 15 is 0 Å². The van der Waals surface area contributed by atoms with Crippen LogP contribution < -0.4 is 5.43 Å². The number of carbonyl (C=O) groups is 1. The predicted octanol–water partition coefficient (Wildman–Crippen LogP) is 3.28. The summed E-state index contributed by atoms with van der Waals surface area (Å²) in [6.45, 7) is 19.5. The molecule has 0 radical (unpaired) electrons. The molecule has 0 saturated carbocycles. The lowest BCUT2D eigenvalue weighted by atomic mass is 9.90. The molecule has 0 aliphatic carbocycles. The van der Waals surface area contributed by atoms with E-state index in [4.69, 9.17) is 13.1 Å². The fourth-order valence-electron chi connectivity index (χ4n) is 1.78. The molecular weight excluding hydrogens is 306 g/mol. The number of hydrogen-bond acceptors (Lipinski definition) is 5. The summed E-state index contributed by atoms with van der Waals surface area (Å²) < 4.78 is 0. The molecule has 0 aliphatic heterocycles. The van der Waals surface area contributed by atoms with Crippen molar-refractivity contribution in [3.8, 4) is 11.4 Å². The highest BCUT2D eigenvalue weighted by Gasteiger charge is 2.27. The highest BCUT2D eigenvalue weighted by Crippen LogP contribution is 2.33. The molecule has 2 N–H and O–H groups in total. The molecule has 24 heavy (non-hydrogen) atoms. The van der Waals surface area contributed by atoms with Crippen molar-refractivity contribution >= 4 is 23.1 Å². The molecule has 0 atom stereocenters. The SMILES string of the molecule is [C-]#[N+]/C(=N/Nc1n[nH]c(-c2ccccn2)c1[N+]#[C-])C(=O)C(C)(C)C. The lowest BCUT2D eigenvalue weighted by Gasteiger charge is -2.14. The van der Waals surface area contributed by atoms with Gasteiger partial charge in [0.05, 0.1) is 18.0 Å². The van der Waals surface area contributed by atoms with E-state index in [2.05, 4.69) is 35.4 Å². The van der Waals surface area contributed by atoms with Gasteiger partial charge in [-0.1, -0.05) is 33.4 Å². The van der Waals surface area contributed by atoms with Gasteiger partial charge in [-0.15, -0.1) is 0 Å². The first-order valence-corrected chi connectivity index (χ1v) is 7.01. The van der Waals surface area contributed by atoms with E-state index in [1.54, 1.807) is 45.2 Å². The number of Topliss-reactive ketones (excluding diaryl/α,β-unsaturated/α-hetero) is 1. The summed E-state index contributed by atoms with van der Waals surface area (Å²) in [4.78, 5) is 22.9. The Labute approximate surface area is 139 Å². The number of amidine groups is 1. The molecule has 0 fully saturated rings. The van der Waals surface area contributed by atoms with Crippen LogP contribution in [0.3, 0.4) is 0 Å². The first kappa shape index (κ1) is 16.8. The third-order valence-electron chi connectivity index (χ3n) is 3.03. The van der Waals surface area contributed by atoms with E-state index in [1.165, 1.54) is 0 Å². The molecule has 8 nitrogen and oxygen atoms in total. The van der Waals surface area contributed by atoms with E-state index in [0.29, 0.717) is 11.4 Å². The molecular formula is C16H15N7O. The fraction of sp³-hybridized carbons (Fsp3) is 0.250. The Bertz CT molecular complexity index is 861. The van der Waals surface area contributed by atoms with Gasteiger partial charge in [-0.3, -0.25) is 10.1 Å². The maximum atomic E-state index is 12.1. The normalized spacial score (nSPS) is 11.5. The van der Waals surface area contributed by atoms with Crippen molar-refractivity contribution in [2.45, 2.75) is 20.8 Å². The van der Waals surface area contributed by atoms with Crippen LogP contribution in [-0.4, -0.2) is 26.8 Å². The van der Waals surface area contributed by atoms with E-state index < -0.39 is 11.2 Å². The van der Waals surface area contributed by atoms with Gasteiger partial charge >= 0.3 is 5.84 Å². The number of aromatic nitrogens is 3. The van der Waals surface area contributed by atoms with E-state index in [9.17, 15) is 4.79 Å². The number of carbonyl (C=O) groups excluding carboxylic acids is 1.